The molecule has 1 aliphatic heterocycles. The van der Waals surface area contributed by atoms with Crippen molar-refractivity contribution in [2.24, 2.45) is 10.7 Å². The van der Waals surface area contributed by atoms with E-state index in [1.54, 1.807) is 5.38 Å². The number of ether oxygens (including phenoxy) is 1. The Bertz CT molecular complexity index is 776. The van der Waals surface area contributed by atoms with Crippen molar-refractivity contribution >= 4 is 59.0 Å². The van der Waals surface area contributed by atoms with Gasteiger partial charge in [-0.2, -0.15) is 11.8 Å². The fourth-order valence-electron chi connectivity index (χ4n) is 2.47. The third-order valence-electron chi connectivity index (χ3n) is 3.83. The molecule has 0 amide bonds. The number of hydrogen-bond acceptors (Lipinski definition) is 6. The second-order valence-corrected chi connectivity index (χ2v) is 7.59. The molecule has 3 rings (SSSR count). The number of nitrogens with zero attached hydrogens (tertiary/aromatic N) is 3. The van der Waals surface area contributed by atoms with Gasteiger partial charge in [-0.15, -0.1) is 35.3 Å². The topological polar surface area (TPSA) is 80.8 Å². The second kappa shape index (κ2) is 10.1. The molecule has 0 saturated carbocycles. The van der Waals surface area contributed by atoms with Crippen molar-refractivity contribution in [3.63, 3.8) is 0 Å². The molecule has 0 spiro atoms. The molecule has 1 aliphatic rings. The van der Waals surface area contributed by atoms with Gasteiger partial charge in [0.2, 0.25) is 0 Å². The fraction of sp³-hybridized carbons (Fsp3) is 0.353. The molecule has 0 radical (unpaired) electrons. The van der Waals surface area contributed by atoms with Gasteiger partial charge in [-0.3, -0.25) is 0 Å². The van der Waals surface area contributed by atoms with Crippen molar-refractivity contribution in [2.75, 3.05) is 31.7 Å². The molecule has 9 heteroatoms. The van der Waals surface area contributed by atoms with E-state index in [2.05, 4.69) is 14.9 Å². The Morgan fingerprint density at radius 1 is 1.38 bits per heavy atom. The van der Waals surface area contributed by atoms with Crippen LogP contribution < -0.4 is 5.73 Å². The molecule has 1 saturated heterocycles. The van der Waals surface area contributed by atoms with Crippen molar-refractivity contribution in [1.82, 2.24) is 9.88 Å². The monoisotopic (exact) mass is 504 g/mol. The molecule has 6 nitrogen and oxygen atoms in total. The Morgan fingerprint density at radius 3 is 2.88 bits per heavy atom. The summed E-state index contributed by atoms with van der Waals surface area (Å²) in [5.74, 6) is 2.37. The van der Waals surface area contributed by atoms with Crippen LogP contribution in [0.4, 0.5) is 0 Å². The normalized spacial score (nSPS) is 14.7. The van der Waals surface area contributed by atoms with Crippen LogP contribution in [0.2, 0.25) is 0 Å². The lowest BCUT2D eigenvalue weighted by molar-refractivity contribution is 0.0595. The van der Waals surface area contributed by atoms with E-state index in [4.69, 9.17) is 10.5 Å². The Kier molecular flexibility index (Phi) is 8.16. The summed E-state index contributed by atoms with van der Waals surface area (Å²) in [6.07, 6.45) is 0. The maximum absolute atomic E-state index is 11.5. The zero-order chi connectivity index (χ0) is 17.6. The maximum Gasteiger partial charge on any atom is 0.357 e. The van der Waals surface area contributed by atoms with Gasteiger partial charge in [0.1, 0.15) is 5.01 Å². The van der Waals surface area contributed by atoms with Crippen LogP contribution in [0, 0.1) is 0 Å². The number of thioether (sulfide) groups is 1. The maximum atomic E-state index is 11.5. The van der Waals surface area contributed by atoms with E-state index in [9.17, 15) is 4.79 Å². The molecule has 0 aliphatic carbocycles. The molecule has 0 atom stereocenters. The highest BCUT2D eigenvalue weighted by molar-refractivity contribution is 14.0. The predicted molar refractivity (Wildman–Crippen MR) is 119 cm³/mol. The Hall–Kier alpha value is -1.33. The number of rotatable bonds is 4. The van der Waals surface area contributed by atoms with Crippen LogP contribution >= 0.6 is 47.1 Å². The first-order valence-electron chi connectivity index (χ1n) is 7.93. The van der Waals surface area contributed by atoms with E-state index < -0.39 is 5.97 Å². The average molecular weight is 504 g/mol. The average Bonchev–Trinajstić information content (AvgIpc) is 3.16. The highest BCUT2D eigenvalue weighted by atomic mass is 127. The minimum atomic E-state index is -0.421. The molecule has 26 heavy (non-hydrogen) atoms. The first-order chi connectivity index (χ1) is 12.2. The summed E-state index contributed by atoms with van der Waals surface area (Å²) in [6.45, 7) is 2.43. The van der Waals surface area contributed by atoms with Crippen LogP contribution in [-0.4, -0.2) is 53.5 Å². The van der Waals surface area contributed by atoms with Crippen molar-refractivity contribution in [3.8, 4) is 10.6 Å². The van der Waals surface area contributed by atoms with Gasteiger partial charge in [-0.1, -0.05) is 18.2 Å². The number of benzene rings is 1. The largest absolute Gasteiger partial charge is 0.464 e. The zero-order valence-corrected chi connectivity index (χ0v) is 18.3. The summed E-state index contributed by atoms with van der Waals surface area (Å²) < 4.78 is 4.70. The van der Waals surface area contributed by atoms with E-state index in [1.165, 1.54) is 18.4 Å². The SMILES string of the molecule is COC(=O)c1csc(-c2cccc(CN=C(N)N3CCSCC3)c2)n1.I. The number of carbonyl (C=O) groups is 1. The molecular weight excluding hydrogens is 483 g/mol. The first kappa shape index (κ1) is 21.0. The van der Waals surface area contributed by atoms with Gasteiger partial charge >= 0.3 is 5.97 Å². The number of nitrogens with two attached hydrogens (primary N) is 1. The number of halogens is 1. The van der Waals surface area contributed by atoms with Gasteiger partial charge in [-0.05, 0) is 11.6 Å². The first-order valence-corrected chi connectivity index (χ1v) is 9.96. The number of aromatic nitrogens is 1. The number of hydrogen-bond donors (Lipinski definition) is 1. The van der Waals surface area contributed by atoms with Crippen LogP contribution in [0.5, 0.6) is 0 Å². The van der Waals surface area contributed by atoms with E-state index >= 15 is 0 Å². The molecule has 2 heterocycles. The number of aliphatic imine (C=N–C) groups is 1. The van der Waals surface area contributed by atoms with Crippen LogP contribution in [0.1, 0.15) is 16.1 Å². The number of methoxy groups -OCH3 is 1. The van der Waals surface area contributed by atoms with Gasteiger partial charge in [0.25, 0.3) is 0 Å². The van der Waals surface area contributed by atoms with Gasteiger partial charge in [-0.25, -0.2) is 14.8 Å². The van der Waals surface area contributed by atoms with E-state index in [0.717, 1.165) is 40.7 Å². The van der Waals surface area contributed by atoms with Crippen LogP contribution in [0.15, 0.2) is 34.6 Å². The summed E-state index contributed by atoms with van der Waals surface area (Å²) in [5, 5.41) is 2.49. The standard InChI is InChI=1S/C17H20N4O2S2.HI/c1-23-16(22)14-11-25-15(20-14)13-4-2-3-12(9-13)10-19-17(18)21-5-7-24-8-6-21;/h2-4,9,11H,5-8,10H2,1H3,(H2,18,19);1H. The minimum absolute atomic E-state index is 0. The van der Waals surface area contributed by atoms with Gasteiger partial charge in [0.15, 0.2) is 11.7 Å². The summed E-state index contributed by atoms with van der Waals surface area (Å²) in [6, 6.07) is 7.98. The Labute approximate surface area is 178 Å². The molecular formula is C17H21IN4O2S2. The van der Waals surface area contributed by atoms with E-state index in [1.807, 2.05) is 36.0 Å². The quantitative estimate of drug-likeness (QED) is 0.299. The lowest BCUT2D eigenvalue weighted by atomic mass is 10.1. The Balaban J connectivity index is 0.00000243. The summed E-state index contributed by atoms with van der Waals surface area (Å²) in [4.78, 5) is 22.5. The number of thiazole rings is 1. The van der Waals surface area contributed by atoms with Crippen LogP contribution in [0.3, 0.4) is 0 Å². The fourth-order valence-corrected chi connectivity index (χ4v) is 4.16. The van der Waals surface area contributed by atoms with Crippen LogP contribution in [-0.2, 0) is 11.3 Å². The third kappa shape index (κ3) is 5.34. The summed E-state index contributed by atoms with van der Waals surface area (Å²) in [5.41, 5.74) is 8.45. The van der Waals surface area contributed by atoms with Crippen molar-refractivity contribution in [1.29, 1.82) is 0 Å². The highest BCUT2D eigenvalue weighted by Gasteiger charge is 2.13. The number of carbonyl (C=O) groups excluding carboxylic acids is 1. The summed E-state index contributed by atoms with van der Waals surface area (Å²) in [7, 11) is 1.35. The van der Waals surface area contributed by atoms with Gasteiger partial charge < -0.3 is 15.4 Å². The summed E-state index contributed by atoms with van der Waals surface area (Å²) >= 11 is 3.36. The minimum Gasteiger partial charge on any atom is -0.464 e. The third-order valence-corrected chi connectivity index (χ3v) is 5.67. The molecule has 140 valence electrons. The lowest BCUT2D eigenvalue weighted by Crippen LogP contribution is -2.42. The smallest absolute Gasteiger partial charge is 0.357 e. The molecule has 2 N–H and O–H groups in total. The molecule has 1 aromatic carbocycles. The van der Waals surface area contributed by atoms with Crippen molar-refractivity contribution in [2.45, 2.75) is 6.54 Å². The zero-order valence-electron chi connectivity index (χ0n) is 14.4. The van der Waals surface area contributed by atoms with Crippen LogP contribution in [0.25, 0.3) is 10.6 Å². The van der Waals surface area contributed by atoms with Crippen molar-refractivity contribution < 1.29 is 9.53 Å². The predicted octanol–water partition coefficient (Wildman–Crippen LogP) is 3.08. The van der Waals surface area contributed by atoms with Crippen molar-refractivity contribution in [3.05, 3.63) is 40.9 Å². The number of esters is 1. The van der Waals surface area contributed by atoms with Gasteiger partial charge in [0, 0.05) is 35.5 Å². The van der Waals surface area contributed by atoms with E-state index in [0.29, 0.717) is 18.2 Å². The molecule has 2 aromatic rings. The van der Waals surface area contributed by atoms with E-state index in [-0.39, 0.29) is 24.0 Å². The molecule has 0 unspecified atom stereocenters. The molecule has 1 aromatic heterocycles. The molecule has 0 bridgehead atoms. The van der Waals surface area contributed by atoms with Gasteiger partial charge in [0.05, 0.1) is 13.7 Å². The Morgan fingerprint density at radius 2 is 2.15 bits per heavy atom. The highest BCUT2D eigenvalue weighted by Crippen LogP contribution is 2.25. The molecule has 1 fully saturated rings. The number of guanidine groups is 1. The second-order valence-electron chi connectivity index (χ2n) is 5.50. The lowest BCUT2D eigenvalue weighted by Gasteiger charge is -2.27.